The van der Waals surface area contributed by atoms with Gasteiger partial charge in [-0.05, 0) is 37.5 Å². The van der Waals surface area contributed by atoms with Crippen molar-refractivity contribution in [1.82, 2.24) is 14.4 Å². The maximum Gasteiger partial charge on any atom is 0.321 e. The van der Waals surface area contributed by atoms with Crippen LogP contribution >= 0.6 is 0 Å². The minimum Gasteiger partial charge on any atom is -0.360 e. The first-order chi connectivity index (χ1) is 13.2. The van der Waals surface area contributed by atoms with Gasteiger partial charge in [0.15, 0.2) is 5.76 Å². The summed E-state index contributed by atoms with van der Waals surface area (Å²) in [6, 6.07) is 7.52. The van der Waals surface area contributed by atoms with Crippen molar-refractivity contribution in [2.75, 3.05) is 31.5 Å². The van der Waals surface area contributed by atoms with Crippen LogP contribution in [0.3, 0.4) is 0 Å². The predicted molar refractivity (Wildman–Crippen MR) is 106 cm³/mol. The normalized spacial score (nSPS) is 15.8. The molecule has 1 N–H and O–H groups in total. The van der Waals surface area contributed by atoms with Crippen LogP contribution in [0.1, 0.15) is 36.8 Å². The SMILES string of the molecule is Cc1noc(C)c1S(=O)(=O)N1CCN(C(=O)Nc2cccc(C(C)C)c2)CC1. The fraction of sp³-hybridized carbons (Fsp3) is 0.474. The molecule has 2 amide bonds. The summed E-state index contributed by atoms with van der Waals surface area (Å²) in [5.74, 6) is 0.651. The minimum absolute atomic E-state index is 0.121. The van der Waals surface area contributed by atoms with Gasteiger partial charge in [-0.3, -0.25) is 0 Å². The molecule has 1 aliphatic rings. The number of hydrogen-bond acceptors (Lipinski definition) is 5. The number of carbonyl (C=O) groups excluding carboxylic acids is 1. The van der Waals surface area contributed by atoms with Crippen LogP contribution in [-0.2, 0) is 10.0 Å². The third-order valence-corrected chi connectivity index (χ3v) is 7.04. The van der Waals surface area contributed by atoms with Gasteiger partial charge < -0.3 is 14.7 Å². The van der Waals surface area contributed by atoms with Gasteiger partial charge in [0.05, 0.1) is 0 Å². The molecular weight excluding hydrogens is 380 g/mol. The van der Waals surface area contributed by atoms with Crippen LogP contribution in [0.4, 0.5) is 10.5 Å². The highest BCUT2D eigenvalue weighted by Crippen LogP contribution is 2.24. The number of amides is 2. The van der Waals surface area contributed by atoms with E-state index in [4.69, 9.17) is 4.52 Å². The number of sulfonamides is 1. The Labute approximate surface area is 165 Å². The number of benzene rings is 1. The second-order valence-electron chi connectivity index (χ2n) is 7.25. The molecule has 152 valence electrons. The smallest absolute Gasteiger partial charge is 0.321 e. The number of hydrogen-bond donors (Lipinski definition) is 1. The zero-order chi connectivity index (χ0) is 20.5. The lowest BCUT2D eigenvalue weighted by Gasteiger charge is -2.33. The summed E-state index contributed by atoms with van der Waals surface area (Å²) in [5, 5.41) is 6.63. The second-order valence-corrected chi connectivity index (χ2v) is 9.13. The van der Waals surface area contributed by atoms with Crippen LogP contribution in [0.25, 0.3) is 0 Å². The van der Waals surface area contributed by atoms with Crippen LogP contribution in [0, 0.1) is 13.8 Å². The molecule has 0 spiro atoms. The summed E-state index contributed by atoms with van der Waals surface area (Å²) in [5.41, 5.74) is 2.23. The molecule has 0 radical (unpaired) electrons. The molecule has 1 aromatic carbocycles. The number of nitrogens with one attached hydrogen (secondary N) is 1. The fourth-order valence-electron chi connectivity index (χ4n) is 3.28. The van der Waals surface area contributed by atoms with Gasteiger partial charge in [0.1, 0.15) is 10.6 Å². The average Bonchev–Trinajstić information content (AvgIpc) is 3.01. The minimum atomic E-state index is -3.68. The van der Waals surface area contributed by atoms with Crippen LogP contribution in [0.5, 0.6) is 0 Å². The van der Waals surface area contributed by atoms with E-state index in [0.717, 1.165) is 11.3 Å². The first-order valence-electron chi connectivity index (χ1n) is 9.29. The lowest BCUT2D eigenvalue weighted by Crippen LogP contribution is -2.51. The molecule has 3 rings (SSSR count). The van der Waals surface area contributed by atoms with E-state index >= 15 is 0 Å². The highest BCUT2D eigenvalue weighted by Gasteiger charge is 2.34. The monoisotopic (exact) mass is 406 g/mol. The summed E-state index contributed by atoms with van der Waals surface area (Å²) in [6.07, 6.45) is 0. The van der Waals surface area contributed by atoms with Gasteiger partial charge in [-0.1, -0.05) is 31.1 Å². The molecular formula is C19H26N4O4S. The topological polar surface area (TPSA) is 95.8 Å². The number of anilines is 1. The fourth-order valence-corrected chi connectivity index (χ4v) is 4.99. The first-order valence-corrected chi connectivity index (χ1v) is 10.7. The highest BCUT2D eigenvalue weighted by molar-refractivity contribution is 7.89. The van der Waals surface area contributed by atoms with E-state index in [1.807, 2.05) is 24.3 Å². The molecule has 1 aliphatic heterocycles. The third kappa shape index (κ3) is 4.05. The highest BCUT2D eigenvalue weighted by atomic mass is 32.2. The maximum absolute atomic E-state index is 12.9. The van der Waals surface area contributed by atoms with E-state index in [1.165, 1.54) is 4.31 Å². The number of aromatic nitrogens is 1. The molecule has 2 aromatic rings. The molecule has 1 aromatic heterocycles. The van der Waals surface area contributed by atoms with Crippen LogP contribution in [-0.4, -0.2) is 55.0 Å². The van der Waals surface area contributed by atoms with Crippen LogP contribution < -0.4 is 5.32 Å². The molecule has 28 heavy (non-hydrogen) atoms. The number of nitrogens with zero attached hydrogens (tertiary/aromatic N) is 3. The van der Waals surface area contributed by atoms with Gasteiger partial charge in [0, 0.05) is 31.9 Å². The van der Waals surface area contributed by atoms with E-state index in [0.29, 0.717) is 24.7 Å². The summed E-state index contributed by atoms with van der Waals surface area (Å²) in [7, 11) is -3.68. The van der Waals surface area contributed by atoms with Gasteiger partial charge >= 0.3 is 6.03 Å². The van der Waals surface area contributed by atoms with Crippen molar-refractivity contribution in [2.24, 2.45) is 0 Å². The molecule has 0 atom stereocenters. The zero-order valence-corrected chi connectivity index (χ0v) is 17.4. The van der Waals surface area contributed by atoms with Crippen molar-refractivity contribution in [3.8, 4) is 0 Å². The molecule has 0 saturated carbocycles. The van der Waals surface area contributed by atoms with E-state index in [-0.39, 0.29) is 29.8 Å². The van der Waals surface area contributed by atoms with Gasteiger partial charge in [0.2, 0.25) is 10.0 Å². The van der Waals surface area contributed by atoms with E-state index in [9.17, 15) is 13.2 Å². The van der Waals surface area contributed by atoms with Gasteiger partial charge in [-0.25, -0.2) is 13.2 Å². The molecule has 2 heterocycles. The van der Waals surface area contributed by atoms with Crippen molar-refractivity contribution < 1.29 is 17.7 Å². The van der Waals surface area contributed by atoms with Crippen LogP contribution in [0.15, 0.2) is 33.7 Å². The lowest BCUT2D eigenvalue weighted by atomic mass is 10.0. The Bertz CT molecular complexity index is 941. The lowest BCUT2D eigenvalue weighted by molar-refractivity contribution is 0.184. The number of rotatable bonds is 4. The van der Waals surface area contributed by atoms with Gasteiger partial charge in [-0.2, -0.15) is 4.31 Å². The molecule has 9 heteroatoms. The molecule has 8 nitrogen and oxygen atoms in total. The summed E-state index contributed by atoms with van der Waals surface area (Å²) >= 11 is 0. The number of urea groups is 1. The number of piperazine rings is 1. The Kier molecular flexibility index (Phi) is 5.76. The summed E-state index contributed by atoms with van der Waals surface area (Å²) in [4.78, 5) is 14.3. The quantitative estimate of drug-likeness (QED) is 0.842. The molecule has 1 saturated heterocycles. The Morgan fingerprint density at radius 1 is 1.18 bits per heavy atom. The van der Waals surface area contributed by atoms with Crippen LogP contribution in [0.2, 0.25) is 0 Å². The van der Waals surface area contributed by atoms with Crippen molar-refractivity contribution in [3.63, 3.8) is 0 Å². The zero-order valence-electron chi connectivity index (χ0n) is 16.6. The first kappa shape index (κ1) is 20.3. The predicted octanol–water partition coefficient (Wildman–Crippen LogP) is 2.95. The Morgan fingerprint density at radius 2 is 1.86 bits per heavy atom. The van der Waals surface area contributed by atoms with E-state index in [2.05, 4.69) is 24.3 Å². The average molecular weight is 407 g/mol. The van der Waals surface area contributed by atoms with E-state index < -0.39 is 10.0 Å². The van der Waals surface area contributed by atoms with Crippen molar-refractivity contribution in [1.29, 1.82) is 0 Å². The molecule has 0 unspecified atom stereocenters. The largest absolute Gasteiger partial charge is 0.360 e. The Morgan fingerprint density at radius 3 is 2.43 bits per heavy atom. The standard InChI is InChI=1S/C19H26N4O4S/c1-13(2)16-6-5-7-17(12-16)20-19(24)22-8-10-23(11-9-22)28(25,26)18-14(3)21-27-15(18)4/h5-7,12-13H,8-11H2,1-4H3,(H,20,24). The number of aryl methyl sites for hydroxylation is 2. The Balaban J connectivity index is 1.64. The molecule has 0 bridgehead atoms. The summed E-state index contributed by atoms with van der Waals surface area (Å²) in [6.45, 7) is 8.48. The maximum atomic E-state index is 12.9. The van der Waals surface area contributed by atoms with Crippen molar-refractivity contribution in [2.45, 2.75) is 38.5 Å². The second kappa shape index (κ2) is 7.92. The summed E-state index contributed by atoms with van der Waals surface area (Å²) < 4.78 is 32.1. The van der Waals surface area contributed by atoms with Crippen molar-refractivity contribution in [3.05, 3.63) is 41.3 Å². The van der Waals surface area contributed by atoms with Crippen molar-refractivity contribution >= 4 is 21.7 Å². The number of carbonyl (C=O) groups is 1. The molecule has 0 aliphatic carbocycles. The third-order valence-electron chi connectivity index (χ3n) is 4.90. The molecule has 1 fully saturated rings. The van der Waals surface area contributed by atoms with Gasteiger partial charge in [-0.15, -0.1) is 0 Å². The van der Waals surface area contributed by atoms with Gasteiger partial charge in [0.25, 0.3) is 0 Å². The van der Waals surface area contributed by atoms with E-state index in [1.54, 1.807) is 18.7 Å². The Hall–Kier alpha value is -2.39.